The largest absolute Gasteiger partial charge is 0.368 e. The molecule has 62 valence electrons. The van der Waals surface area contributed by atoms with Crippen LogP contribution in [0.2, 0.25) is 0 Å². The van der Waals surface area contributed by atoms with Crippen molar-refractivity contribution < 1.29 is 14.2 Å². The van der Waals surface area contributed by atoms with Gasteiger partial charge in [0.1, 0.15) is 0 Å². The molecule has 0 aromatic carbocycles. The smallest absolute Gasteiger partial charge is 0.193 e. The van der Waals surface area contributed by atoms with E-state index in [4.69, 9.17) is 9.63 Å². The third kappa shape index (κ3) is 4.98. The lowest BCUT2D eigenvalue weighted by atomic mass is 10.5. The fourth-order valence-electron chi connectivity index (χ4n) is 0.498. The van der Waals surface area contributed by atoms with Crippen LogP contribution >= 0.6 is 8.03 Å². The van der Waals surface area contributed by atoms with Crippen molar-refractivity contribution in [3.8, 4) is 0 Å². The van der Waals surface area contributed by atoms with Crippen LogP contribution in [0.4, 0.5) is 0 Å². The van der Waals surface area contributed by atoms with Crippen LogP contribution in [-0.2, 0) is 9.09 Å². The summed E-state index contributed by atoms with van der Waals surface area (Å²) in [5.41, 5.74) is 0. The standard InChI is InChI=1S/C6H15O3P/c1-3-5-10(8)9-6(7)4-2/h6-7,10H,3-5H2,1-2H3. The van der Waals surface area contributed by atoms with Gasteiger partial charge in [-0.05, 0) is 12.8 Å². The average molecular weight is 166 g/mol. The Balaban J connectivity index is 3.37. The summed E-state index contributed by atoms with van der Waals surface area (Å²) in [6.07, 6.45) is 1.08. The first-order chi connectivity index (χ1) is 4.70. The van der Waals surface area contributed by atoms with Crippen LogP contribution in [0.1, 0.15) is 26.7 Å². The second kappa shape index (κ2) is 5.90. The van der Waals surface area contributed by atoms with Gasteiger partial charge in [0.15, 0.2) is 14.3 Å². The van der Waals surface area contributed by atoms with Gasteiger partial charge in [-0.1, -0.05) is 13.8 Å². The highest BCUT2D eigenvalue weighted by atomic mass is 31.1. The molecule has 0 saturated carbocycles. The summed E-state index contributed by atoms with van der Waals surface area (Å²) in [5.74, 6) is 0. The highest BCUT2D eigenvalue weighted by Gasteiger charge is 2.04. The predicted octanol–water partition coefficient (Wildman–Crippen LogP) is 1.62. The van der Waals surface area contributed by atoms with Crippen molar-refractivity contribution >= 4 is 8.03 Å². The van der Waals surface area contributed by atoms with Crippen LogP contribution in [0.3, 0.4) is 0 Å². The van der Waals surface area contributed by atoms with Crippen molar-refractivity contribution in [2.75, 3.05) is 6.16 Å². The van der Waals surface area contributed by atoms with Gasteiger partial charge in [0.25, 0.3) is 0 Å². The zero-order valence-corrected chi connectivity index (χ0v) is 7.46. The third-order valence-electron chi connectivity index (χ3n) is 1.07. The Labute approximate surface area is 62.3 Å². The molecule has 3 nitrogen and oxygen atoms in total. The fraction of sp³-hybridized carbons (Fsp3) is 1.00. The third-order valence-corrected chi connectivity index (χ3v) is 2.51. The van der Waals surface area contributed by atoms with Gasteiger partial charge in [-0.25, -0.2) is 0 Å². The van der Waals surface area contributed by atoms with Crippen LogP contribution < -0.4 is 0 Å². The quantitative estimate of drug-likeness (QED) is 0.498. The minimum absolute atomic E-state index is 0.500. The van der Waals surface area contributed by atoms with Crippen LogP contribution in [0.15, 0.2) is 0 Å². The maximum atomic E-state index is 10.8. The van der Waals surface area contributed by atoms with Crippen LogP contribution in [0.5, 0.6) is 0 Å². The van der Waals surface area contributed by atoms with Crippen molar-refractivity contribution in [1.82, 2.24) is 0 Å². The maximum Gasteiger partial charge on any atom is 0.193 e. The Bertz CT molecular complexity index is 105. The molecule has 0 aromatic rings. The molecule has 0 aliphatic rings. The van der Waals surface area contributed by atoms with E-state index in [-0.39, 0.29) is 0 Å². The maximum absolute atomic E-state index is 10.8. The monoisotopic (exact) mass is 166 g/mol. The molecule has 0 bridgehead atoms. The second-order valence-electron chi connectivity index (χ2n) is 2.10. The summed E-state index contributed by atoms with van der Waals surface area (Å²) in [6.45, 7) is 3.72. The zero-order chi connectivity index (χ0) is 7.98. The van der Waals surface area contributed by atoms with E-state index in [9.17, 15) is 4.57 Å². The van der Waals surface area contributed by atoms with Gasteiger partial charge in [0.2, 0.25) is 0 Å². The van der Waals surface area contributed by atoms with E-state index in [1.807, 2.05) is 6.92 Å². The number of aliphatic hydroxyl groups is 1. The lowest BCUT2D eigenvalue weighted by Gasteiger charge is -2.07. The molecular weight excluding hydrogens is 151 g/mol. The van der Waals surface area contributed by atoms with Crippen molar-refractivity contribution in [3.05, 3.63) is 0 Å². The predicted molar refractivity (Wildman–Crippen MR) is 41.5 cm³/mol. The van der Waals surface area contributed by atoms with Crippen molar-refractivity contribution in [3.63, 3.8) is 0 Å². The molecule has 0 amide bonds. The van der Waals surface area contributed by atoms with Crippen molar-refractivity contribution in [1.29, 1.82) is 0 Å². The molecule has 0 aliphatic heterocycles. The summed E-state index contributed by atoms with van der Waals surface area (Å²) in [7, 11) is -1.95. The molecule has 4 heteroatoms. The average Bonchev–Trinajstić information content (AvgIpc) is 1.88. The molecule has 0 fully saturated rings. The molecule has 10 heavy (non-hydrogen) atoms. The number of hydrogen-bond donors (Lipinski definition) is 1. The summed E-state index contributed by atoms with van der Waals surface area (Å²) < 4.78 is 15.6. The summed E-state index contributed by atoms with van der Waals surface area (Å²) >= 11 is 0. The molecule has 2 atom stereocenters. The molecule has 0 aliphatic carbocycles. The normalized spacial score (nSPS) is 16.7. The Morgan fingerprint density at radius 2 is 2.20 bits per heavy atom. The van der Waals surface area contributed by atoms with E-state index in [2.05, 4.69) is 0 Å². The Hall–Kier alpha value is 0.150. The molecule has 0 spiro atoms. The summed E-state index contributed by atoms with van der Waals surface area (Å²) in [5, 5.41) is 8.86. The molecular formula is C6H15O3P. The first kappa shape index (κ1) is 10.2. The van der Waals surface area contributed by atoms with E-state index in [1.165, 1.54) is 0 Å². The van der Waals surface area contributed by atoms with Gasteiger partial charge in [-0.3, -0.25) is 4.57 Å². The van der Waals surface area contributed by atoms with Gasteiger partial charge in [-0.2, -0.15) is 0 Å². The Kier molecular flexibility index (Phi) is 5.99. The minimum atomic E-state index is -1.95. The topological polar surface area (TPSA) is 46.5 Å². The van der Waals surface area contributed by atoms with Crippen LogP contribution in [0, 0.1) is 0 Å². The van der Waals surface area contributed by atoms with E-state index >= 15 is 0 Å². The molecule has 2 unspecified atom stereocenters. The molecule has 0 heterocycles. The van der Waals surface area contributed by atoms with E-state index in [1.54, 1.807) is 6.92 Å². The van der Waals surface area contributed by atoms with Gasteiger partial charge in [-0.15, -0.1) is 0 Å². The SMILES string of the molecule is CCC[PH](=O)OC(O)CC. The lowest BCUT2D eigenvalue weighted by molar-refractivity contribution is -0.0128. The molecule has 0 radical (unpaired) electrons. The molecule has 1 N–H and O–H groups in total. The molecule has 0 rings (SSSR count). The number of rotatable bonds is 5. The summed E-state index contributed by atoms with van der Waals surface area (Å²) in [6, 6.07) is 0. The van der Waals surface area contributed by atoms with Gasteiger partial charge < -0.3 is 9.63 Å². The van der Waals surface area contributed by atoms with Crippen LogP contribution in [0.25, 0.3) is 0 Å². The van der Waals surface area contributed by atoms with Gasteiger partial charge in [0, 0.05) is 6.16 Å². The summed E-state index contributed by atoms with van der Waals surface area (Å²) in [4.78, 5) is 0. The Morgan fingerprint density at radius 3 is 2.60 bits per heavy atom. The highest BCUT2D eigenvalue weighted by Crippen LogP contribution is 2.25. The van der Waals surface area contributed by atoms with Crippen molar-refractivity contribution in [2.24, 2.45) is 0 Å². The zero-order valence-electron chi connectivity index (χ0n) is 6.46. The second-order valence-corrected chi connectivity index (χ2v) is 3.58. The van der Waals surface area contributed by atoms with E-state index in [0.717, 1.165) is 6.42 Å². The van der Waals surface area contributed by atoms with Gasteiger partial charge in [0.05, 0.1) is 0 Å². The minimum Gasteiger partial charge on any atom is -0.368 e. The first-order valence-electron chi connectivity index (χ1n) is 3.58. The van der Waals surface area contributed by atoms with E-state index in [0.29, 0.717) is 12.6 Å². The fourth-order valence-corrected chi connectivity index (χ4v) is 1.49. The van der Waals surface area contributed by atoms with Crippen LogP contribution in [-0.4, -0.2) is 17.6 Å². The Morgan fingerprint density at radius 1 is 1.60 bits per heavy atom. The lowest BCUT2D eigenvalue weighted by Crippen LogP contribution is -2.04. The van der Waals surface area contributed by atoms with Gasteiger partial charge >= 0.3 is 0 Å². The molecule has 0 aromatic heterocycles. The highest BCUT2D eigenvalue weighted by molar-refractivity contribution is 7.39. The first-order valence-corrected chi connectivity index (χ1v) is 5.10. The number of hydrogen-bond acceptors (Lipinski definition) is 3. The number of aliphatic hydroxyl groups excluding tert-OH is 1. The van der Waals surface area contributed by atoms with Crippen molar-refractivity contribution in [2.45, 2.75) is 33.0 Å². The molecule has 0 saturated heterocycles. The van der Waals surface area contributed by atoms with E-state index < -0.39 is 14.3 Å².